The first-order chi connectivity index (χ1) is 6.40. The Hall–Kier alpha value is -0.820. The molecule has 0 spiro atoms. The van der Waals surface area contributed by atoms with E-state index in [-0.39, 0.29) is 0 Å². The molecule has 82 valence electrons. The summed E-state index contributed by atoms with van der Waals surface area (Å²) in [4.78, 5) is 21.3. The van der Waals surface area contributed by atoms with Crippen LogP contribution in [-0.2, 0) is 9.59 Å². The lowest BCUT2D eigenvalue weighted by Gasteiger charge is -2.20. The molecule has 0 rings (SSSR count). The third-order valence-corrected chi connectivity index (χ3v) is 1.76. The predicted molar refractivity (Wildman–Crippen MR) is 45.4 cm³/mol. The van der Waals surface area contributed by atoms with Gasteiger partial charge in [0, 0.05) is 13.3 Å². The lowest BCUT2D eigenvalue weighted by Crippen LogP contribution is -2.41. The first-order valence-corrected chi connectivity index (χ1v) is 4.09. The molecule has 0 amide bonds. The van der Waals surface area contributed by atoms with Gasteiger partial charge >= 0.3 is 0 Å². The molecule has 0 unspecified atom stereocenters. The van der Waals surface area contributed by atoms with Crippen LogP contribution in [0, 0.1) is 0 Å². The summed E-state index contributed by atoms with van der Waals surface area (Å²) < 4.78 is 0. The van der Waals surface area contributed by atoms with Gasteiger partial charge in [-0.1, -0.05) is 0 Å². The third kappa shape index (κ3) is 3.93. The van der Waals surface area contributed by atoms with Crippen molar-refractivity contribution in [2.45, 2.75) is 31.7 Å². The maximum Gasteiger partial charge on any atom is 0.200 e. The van der Waals surface area contributed by atoms with E-state index in [0.717, 1.165) is 6.92 Å². The predicted octanol–water partition coefficient (Wildman–Crippen LogP) is -2.39. The van der Waals surface area contributed by atoms with Crippen LogP contribution >= 0.6 is 0 Å². The highest BCUT2D eigenvalue weighted by Gasteiger charge is 2.26. The first-order valence-electron chi connectivity index (χ1n) is 4.09. The molecule has 0 saturated heterocycles. The van der Waals surface area contributed by atoms with Gasteiger partial charge in [-0.05, 0) is 0 Å². The van der Waals surface area contributed by atoms with E-state index in [9.17, 15) is 9.59 Å². The minimum absolute atomic E-state index is 0.562. The molecule has 0 aliphatic carbocycles. The normalized spacial score (nSPS) is 17.2. The van der Waals surface area contributed by atoms with Crippen molar-refractivity contribution in [3.63, 3.8) is 0 Å². The maximum atomic E-state index is 10.8. The third-order valence-electron chi connectivity index (χ3n) is 1.76. The van der Waals surface area contributed by atoms with Crippen molar-refractivity contribution in [3.8, 4) is 0 Å². The molecule has 0 aromatic heterocycles. The number of hydrogen-bond donors (Lipinski definition) is 4. The van der Waals surface area contributed by atoms with Crippen LogP contribution in [0.3, 0.4) is 0 Å². The van der Waals surface area contributed by atoms with Crippen LogP contribution in [0.5, 0.6) is 0 Å². The Morgan fingerprint density at radius 1 is 1.14 bits per heavy atom. The van der Waals surface area contributed by atoms with Crippen LogP contribution in [0.4, 0.5) is 0 Å². The van der Waals surface area contributed by atoms with Crippen LogP contribution in [0.25, 0.3) is 0 Å². The zero-order valence-electron chi connectivity index (χ0n) is 7.75. The van der Waals surface area contributed by atoms with Gasteiger partial charge in [-0.2, -0.15) is 0 Å². The number of carbonyl (C=O) groups is 2. The van der Waals surface area contributed by atoms with Crippen LogP contribution in [0.15, 0.2) is 0 Å². The fraction of sp³-hybridized carbons (Fsp3) is 0.750. The highest BCUT2D eigenvalue weighted by atomic mass is 16.4. The van der Waals surface area contributed by atoms with E-state index in [1.165, 1.54) is 0 Å². The molecule has 0 heterocycles. The van der Waals surface area contributed by atoms with Crippen LogP contribution in [0.1, 0.15) is 13.3 Å². The monoisotopic (exact) mass is 206 g/mol. The maximum absolute atomic E-state index is 10.8. The van der Waals surface area contributed by atoms with Crippen molar-refractivity contribution < 1.29 is 30.0 Å². The zero-order chi connectivity index (χ0) is 11.3. The van der Waals surface area contributed by atoms with E-state index in [2.05, 4.69) is 0 Å². The summed E-state index contributed by atoms with van der Waals surface area (Å²) in [6.45, 7) is 0.316. The number of carbonyl (C=O) groups excluding carboxylic acids is 2. The summed E-state index contributed by atoms with van der Waals surface area (Å²) in [7, 11) is 0. The fourth-order valence-electron chi connectivity index (χ4n) is 0.819. The smallest absolute Gasteiger partial charge is 0.200 e. The van der Waals surface area contributed by atoms with E-state index in [1.807, 2.05) is 0 Å². The van der Waals surface area contributed by atoms with Crippen LogP contribution in [-0.4, -0.2) is 56.9 Å². The van der Waals surface area contributed by atoms with Crippen molar-refractivity contribution in [1.82, 2.24) is 0 Å². The van der Waals surface area contributed by atoms with Crippen molar-refractivity contribution in [1.29, 1.82) is 0 Å². The van der Waals surface area contributed by atoms with Crippen LogP contribution in [0.2, 0.25) is 0 Å². The van der Waals surface area contributed by atoms with E-state index in [0.29, 0.717) is 0 Å². The van der Waals surface area contributed by atoms with E-state index in [1.54, 1.807) is 0 Å². The molecule has 3 atom stereocenters. The molecule has 0 aromatic rings. The topological polar surface area (TPSA) is 115 Å². The Morgan fingerprint density at radius 2 is 1.64 bits per heavy atom. The lowest BCUT2D eigenvalue weighted by atomic mass is 10.0. The molecular weight excluding hydrogens is 192 g/mol. The molecule has 4 N–H and O–H groups in total. The van der Waals surface area contributed by atoms with Gasteiger partial charge in [0.15, 0.2) is 5.78 Å². The van der Waals surface area contributed by atoms with E-state index < -0.39 is 42.9 Å². The molecule has 0 aliphatic heterocycles. The Balaban J connectivity index is 4.13. The number of hydrogen-bond acceptors (Lipinski definition) is 6. The molecule has 0 aliphatic rings. The number of Topliss-reactive ketones (excluding diaryl/α,β-unsaturated/α-hetero) is 2. The van der Waals surface area contributed by atoms with E-state index in [4.69, 9.17) is 20.4 Å². The van der Waals surface area contributed by atoms with Gasteiger partial charge in [-0.15, -0.1) is 0 Å². The van der Waals surface area contributed by atoms with Crippen molar-refractivity contribution in [2.75, 3.05) is 6.61 Å². The summed E-state index contributed by atoms with van der Waals surface area (Å²) >= 11 is 0. The van der Waals surface area contributed by atoms with Gasteiger partial charge in [-0.3, -0.25) is 9.59 Å². The van der Waals surface area contributed by atoms with Crippen molar-refractivity contribution in [2.24, 2.45) is 0 Å². The molecular formula is C8H14O6. The molecule has 6 heteroatoms. The van der Waals surface area contributed by atoms with Gasteiger partial charge in [-0.25, -0.2) is 0 Å². The second kappa shape index (κ2) is 5.82. The summed E-state index contributed by atoms with van der Waals surface area (Å²) in [5.41, 5.74) is 0. The molecule has 0 saturated carbocycles. The zero-order valence-corrected chi connectivity index (χ0v) is 7.75. The molecule has 14 heavy (non-hydrogen) atoms. The Bertz CT molecular complexity index is 214. The van der Waals surface area contributed by atoms with Gasteiger partial charge in [0.05, 0.1) is 12.7 Å². The molecule has 0 bridgehead atoms. The van der Waals surface area contributed by atoms with Gasteiger partial charge in [0.2, 0.25) is 5.78 Å². The summed E-state index contributed by atoms with van der Waals surface area (Å²) in [5, 5.41) is 35.6. The lowest BCUT2D eigenvalue weighted by molar-refractivity contribution is -0.139. The minimum atomic E-state index is -1.64. The van der Waals surface area contributed by atoms with Gasteiger partial charge < -0.3 is 20.4 Å². The minimum Gasteiger partial charge on any atom is -0.394 e. The summed E-state index contributed by atoms with van der Waals surface area (Å²) in [5.74, 6) is -1.56. The highest BCUT2D eigenvalue weighted by Crippen LogP contribution is 2.04. The largest absolute Gasteiger partial charge is 0.394 e. The Kier molecular flexibility index (Phi) is 5.47. The second-order valence-corrected chi connectivity index (χ2v) is 2.99. The number of rotatable bonds is 6. The summed E-state index contributed by atoms with van der Waals surface area (Å²) in [6, 6.07) is 0. The Morgan fingerprint density at radius 3 is 2.00 bits per heavy atom. The van der Waals surface area contributed by atoms with Crippen LogP contribution < -0.4 is 0 Å². The SMILES string of the molecule is CC(=O)C(=O)C[C@@H](O)[C@H](O)[C@H](O)CO. The van der Waals surface area contributed by atoms with Gasteiger partial charge in [0.1, 0.15) is 12.2 Å². The highest BCUT2D eigenvalue weighted by molar-refractivity contribution is 6.36. The molecule has 0 radical (unpaired) electrons. The van der Waals surface area contributed by atoms with Crippen molar-refractivity contribution in [3.05, 3.63) is 0 Å². The number of aliphatic hydroxyl groups is 4. The number of aliphatic hydroxyl groups excluding tert-OH is 4. The van der Waals surface area contributed by atoms with Gasteiger partial charge in [0.25, 0.3) is 0 Å². The molecule has 0 fully saturated rings. The quantitative estimate of drug-likeness (QED) is 0.360. The second-order valence-electron chi connectivity index (χ2n) is 2.99. The number of ketones is 2. The average molecular weight is 206 g/mol. The van der Waals surface area contributed by atoms with Crippen molar-refractivity contribution >= 4 is 11.6 Å². The Labute approximate surface area is 80.8 Å². The molecule has 6 nitrogen and oxygen atoms in total. The van der Waals surface area contributed by atoms with E-state index >= 15 is 0 Å². The molecule has 0 aromatic carbocycles. The first kappa shape index (κ1) is 13.2. The standard InChI is InChI=1S/C8H14O6/c1-4(10)5(11)2-6(12)8(14)7(13)3-9/h6-9,12-14H,2-3H2,1H3/t6-,7-,8+/m1/s1. The fourth-order valence-corrected chi connectivity index (χ4v) is 0.819. The average Bonchev–Trinajstić information content (AvgIpc) is 2.14. The summed E-state index contributed by atoms with van der Waals surface area (Å²) in [6.07, 6.45) is -5.27.